The summed E-state index contributed by atoms with van der Waals surface area (Å²) in [4.78, 5) is 26.0. The van der Waals surface area contributed by atoms with Crippen molar-refractivity contribution in [3.63, 3.8) is 0 Å². The molecule has 0 radical (unpaired) electrons. The number of likely N-dealkylation sites (tertiary alicyclic amines) is 1. The summed E-state index contributed by atoms with van der Waals surface area (Å²) in [6.07, 6.45) is 1.50. The average Bonchev–Trinajstić information content (AvgIpc) is 2.81. The van der Waals surface area contributed by atoms with Gasteiger partial charge in [-0.25, -0.2) is 0 Å². The lowest BCUT2D eigenvalue weighted by Gasteiger charge is -2.38. The minimum absolute atomic E-state index is 0.0635. The van der Waals surface area contributed by atoms with Crippen molar-refractivity contribution in [3.8, 4) is 0 Å². The molecule has 0 atom stereocenters. The topological polar surface area (TPSA) is 101 Å². The molecule has 0 aromatic heterocycles. The molecule has 0 saturated carbocycles. The zero-order chi connectivity index (χ0) is 22.5. The van der Waals surface area contributed by atoms with E-state index in [9.17, 15) is 14.9 Å². The summed E-state index contributed by atoms with van der Waals surface area (Å²) in [6, 6.07) is 25.2. The highest BCUT2D eigenvalue weighted by Gasteiger charge is 2.30. The fourth-order valence-corrected chi connectivity index (χ4v) is 4.40. The first-order chi connectivity index (χ1) is 15.5. The van der Waals surface area contributed by atoms with E-state index in [-0.39, 0.29) is 29.0 Å². The molecular formula is C25H26N4O3. The summed E-state index contributed by atoms with van der Waals surface area (Å²) in [6.45, 7) is 1.59. The van der Waals surface area contributed by atoms with E-state index in [4.69, 9.17) is 5.73 Å². The molecule has 0 bridgehead atoms. The lowest BCUT2D eigenvalue weighted by molar-refractivity contribution is -0.385. The Morgan fingerprint density at radius 2 is 1.50 bits per heavy atom. The van der Waals surface area contributed by atoms with Gasteiger partial charge in [0.25, 0.3) is 11.6 Å². The first kappa shape index (κ1) is 21.5. The van der Waals surface area contributed by atoms with Crippen LogP contribution in [-0.4, -0.2) is 34.9 Å². The maximum atomic E-state index is 12.8. The Balaban J connectivity index is 1.47. The second-order valence-electron chi connectivity index (χ2n) is 8.01. The molecule has 4 rings (SSSR count). The molecule has 164 valence electrons. The number of hydrogen-bond acceptors (Lipinski definition) is 5. The van der Waals surface area contributed by atoms with Gasteiger partial charge in [-0.15, -0.1) is 0 Å². The summed E-state index contributed by atoms with van der Waals surface area (Å²) in [5.74, 6) is -0.490. The van der Waals surface area contributed by atoms with Crippen LogP contribution in [0, 0.1) is 10.1 Å². The van der Waals surface area contributed by atoms with E-state index in [1.165, 1.54) is 29.3 Å². The monoisotopic (exact) mass is 430 g/mol. The predicted molar refractivity (Wildman–Crippen MR) is 124 cm³/mol. The first-order valence-corrected chi connectivity index (χ1v) is 10.7. The molecule has 7 nitrogen and oxygen atoms in total. The van der Waals surface area contributed by atoms with Crippen LogP contribution in [0.4, 0.5) is 11.4 Å². The summed E-state index contributed by atoms with van der Waals surface area (Å²) in [5.41, 5.74) is 8.12. The molecule has 3 aromatic rings. The number of nitro benzene ring substituents is 1. The molecule has 1 heterocycles. The zero-order valence-corrected chi connectivity index (χ0v) is 17.7. The average molecular weight is 431 g/mol. The van der Waals surface area contributed by atoms with Gasteiger partial charge in [0, 0.05) is 25.2 Å². The van der Waals surface area contributed by atoms with E-state index in [2.05, 4.69) is 58.7 Å². The predicted octanol–water partition coefficient (Wildman–Crippen LogP) is 4.16. The number of nitrogens with one attached hydrogen (secondary N) is 1. The summed E-state index contributed by atoms with van der Waals surface area (Å²) >= 11 is 0. The molecular weight excluding hydrogens is 404 g/mol. The van der Waals surface area contributed by atoms with Crippen molar-refractivity contribution in [2.24, 2.45) is 0 Å². The molecule has 1 aliphatic heterocycles. The van der Waals surface area contributed by atoms with Crippen LogP contribution in [0.5, 0.6) is 0 Å². The van der Waals surface area contributed by atoms with Crippen LogP contribution in [0.2, 0.25) is 0 Å². The van der Waals surface area contributed by atoms with Gasteiger partial charge in [0.05, 0.1) is 16.7 Å². The van der Waals surface area contributed by atoms with Gasteiger partial charge in [0.1, 0.15) is 5.56 Å². The summed E-state index contributed by atoms with van der Waals surface area (Å²) < 4.78 is 0. The Labute approximate surface area is 187 Å². The number of piperidine rings is 1. The molecule has 3 N–H and O–H groups in total. The van der Waals surface area contributed by atoms with Crippen LogP contribution in [0.3, 0.4) is 0 Å². The van der Waals surface area contributed by atoms with Gasteiger partial charge in [0.15, 0.2) is 0 Å². The number of rotatable bonds is 6. The second-order valence-corrected chi connectivity index (χ2v) is 8.01. The zero-order valence-electron chi connectivity index (χ0n) is 17.7. The van der Waals surface area contributed by atoms with Crippen molar-refractivity contribution in [2.75, 3.05) is 18.8 Å². The SMILES string of the molecule is Nc1cccc([N+](=O)[O-])c1C(=O)NC1CCN(C(c2ccccc2)c2ccccc2)CC1. The third-order valence-corrected chi connectivity index (χ3v) is 5.96. The second kappa shape index (κ2) is 9.62. The Morgan fingerprint density at radius 1 is 0.938 bits per heavy atom. The van der Waals surface area contributed by atoms with E-state index in [1.807, 2.05) is 12.1 Å². The Bertz CT molecular complexity index is 1040. The van der Waals surface area contributed by atoms with Crippen LogP contribution >= 0.6 is 0 Å². The van der Waals surface area contributed by atoms with Crippen LogP contribution in [0.15, 0.2) is 78.9 Å². The molecule has 1 amide bonds. The van der Waals surface area contributed by atoms with Crippen molar-refractivity contribution in [2.45, 2.75) is 24.9 Å². The van der Waals surface area contributed by atoms with Gasteiger partial charge < -0.3 is 11.1 Å². The van der Waals surface area contributed by atoms with Crippen LogP contribution < -0.4 is 11.1 Å². The standard InChI is InChI=1S/C25H26N4O3/c26-21-12-7-13-22(29(31)32)23(21)25(30)27-20-14-16-28(17-15-20)24(18-8-3-1-4-9-18)19-10-5-2-6-11-19/h1-13,20,24H,14-17,26H2,(H,27,30). The number of carbonyl (C=O) groups is 1. The smallest absolute Gasteiger partial charge is 0.284 e. The largest absolute Gasteiger partial charge is 0.398 e. The summed E-state index contributed by atoms with van der Waals surface area (Å²) in [5, 5.41) is 14.3. The third-order valence-electron chi connectivity index (χ3n) is 5.96. The molecule has 1 saturated heterocycles. The number of nitro groups is 1. The number of anilines is 1. The van der Waals surface area contributed by atoms with E-state index < -0.39 is 10.8 Å². The number of amides is 1. The first-order valence-electron chi connectivity index (χ1n) is 10.7. The van der Waals surface area contributed by atoms with Gasteiger partial charge in [-0.1, -0.05) is 66.7 Å². The maximum Gasteiger partial charge on any atom is 0.284 e. The van der Waals surface area contributed by atoms with Gasteiger partial charge in [-0.2, -0.15) is 0 Å². The fourth-order valence-electron chi connectivity index (χ4n) is 4.40. The molecule has 1 fully saturated rings. The number of nitrogen functional groups attached to an aromatic ring is 1. The van der Waals surface area contributed by atoms with Crippen LogP contribution in [-0.2, 0) is 0 Å². The molecule has 7 heteroatoms. The van der Waals surface area contributed by atoms with Gasteiger partial charge in [0.2, 0.25) is 0 Å². The van der Waals surface area contributed by atoms with E-state index in [0.717, 1.165) is 25.9 Å². The normalized spacial score (nSPS) is 14.9. The van der Waals surface area contributed by atoms with Crippen molar-refractivity contribution >= 4 is 17.3 Å². The van der Waals surface area contributed by atoms with E-state index in [0.29, 0.717) is 0 Å². The molecule has 0 spiro atoms. The number of nitrogens with two attached hydrogens (primary N) is 1. The highest BCUT2D eigenvalue weighted by Crippen LogP contribution is 2.31. The minimum Gasteiger partial charge on any atom is -0.398 e. The highest BCUT2D eigenvalue weighted by atomic mass is 16.6. The number of hydrogen-bond donors (Lipinski definition) is 2. The Hall–Kier alpha value is -3.71. The molecule has 0 aliphatic carbocycles. The van der Waals surface area contributed by atoms with Gasteiger partial charge >= 0.3 is 0 Å². The number of benzene rings is 3. The van der Waals surface area contributed by atoms with Crippen molar-refractivity contribution in [1.82, 2.24) is 10.2 Å². The van der Waals surface area contributed by atoms with Crippen molar-refractivity contribution in [1.29, 1.82) is 0 Å². The maximum absolute atomic E-state index is 12.8. The van der Waals surface area contributed by atoms with Crippen molar-refractivity contribution < 1.29 is 9.72 Å². The lowest BCUT2D eigenvalue weighted by atomic mass is 9.94. The van der Waals surface area contributed by atoms with Crippen molar-refractivity contribution in [3.05, 3.63) is 106 Å². The van der Waals surface area contributed by atoms with E-state index >= 15 is 0 Å². The number of carbonyl (C=O) groups excluding carboxylic acids is 1. The molecule has 0 unspecified atom stereocenters. The van der Waals surface area contributed by atoms with Gasteiger partial charge in [-0.3, -0.25) is 19.8 Å². The molecule has 32 heavy (non-hydrogen) atoms. The third kappa shape index (κ3) is 4.63. The van der Waals surface area contributed by atoms with Crippen LogP contribution in [0.1, 0.15) is 40.4 Å². The van der Waals surface area contributed by atoms with Crippen LogP contribution in [0.25, 0.3) is 0 Å². The fraction of sp³-hybridized carbons (Fsp3) is 0.240. The summed E-state index contributed by atoms with van der Waals surface area (Å²) in [7, 11) is 0. The highest BCUT2D eigenvalue weighted by molar-refractivity contribution is 6.03. The molecule has 3 aromatic carbocycles. The Kier molecular flexibility index (Phi) is 6.47. The van der Waals surface area contributed by atoms with Gasteiger partial charge in [-0.05, 0) is 30.0 Å². The number of nitrogens with zero attached hydrogens (tertiary/aromatic N) is 2. The quantitative estimate of drug-likeness (QED) is 0.347. The lowest BCUT2D eigenvalue weighted by Crippen LogP contribution is -2.46. The Morgan fingerprint density at radius 3 is 2.03 bits per heavy atom. The minimum atomic E-state index is -0.571. The molecule has 1 aliphatic rings. The van der Waals surface area contributed by atoms with E-state index in [1.54, 1.807) is 0 Å².